The van der Waals surface area contributed by atoms with Gasteiger partial charge in [-0.15, -0.1) is 0 Å². The van der Waals surface area contributed by atoms with Gasteiger partial charge in [0.1, 0.15) is 28.2 Å². The maximum Gasteiger partial charge on any atom is 0.326 e. The number of aliphatic carboxylic acids is 1. The zero-order valence-electron chi connectivity index (χ0n) is 27.6. The Morgan fingerprint density at radius 1 is 0.936 bits per heavy atom. The van der Waals surface area contributed by atoms with Crippen LogP contribution < -0.4 is 10.1 Å². The zero-order chi connectivity index (χ0) is 33.4. The third kappa shape index (κ3) is 10.1. The van der Waals surface area contributed by atoms with Crippen LogP contribution in [-0.2, 0) is 21.2 Å². The number of sulfone groups is 1. The molecule has 2 unspecified atom stereocenters. The molecular formula is C38H48N2O6S. The number of carbonyl (C=O) groups is 2. The van der Waals surface area contributed by atoms with Gasteiger partial charge in [0.15, 0.2) is 0 Å². The van der Waals surface area contributed by atoms with Crippen molar-refractivity contribution in [2.45, 2.75) is 89.4 Å². The van der Waals surface area contributed by atoms with Gasteiger partial charge in [0.25, 0.3) is 5.91 Å². The highest BCUT2D eigenvalue weighted by molar-refractivity contribution is 7.90. The number of nitrogens with one attached hydrogen (secondary N) is 1. The molecule has 2 aliphatic rings. The highest BCUT2D eigenvalue weighted by Crippen LogP contribution is 2.36. The van der Waals surface area contributed by atoms with Crippen LogP contribution in [0.3, 0.4) is 0 Å². The standard InChI is InChI=1S/C38H48N2O6S/c1-27-11-9-10-16-33(27)35-24-29(17-20-34(35)37(41)39-36(38(42)43)21-22-47(2,44)45)25-40(30-18-19-30)31(23-28-12-5-3-6-13-28)26-46-32-14-7-4-8-15-32/h4,7-11,14-17,20,24,28,30-31,36H,3,5-6,12-13,18-19,21-23,25-26H2,1-2H3,(H,39,41)(H,42,43). The third-order valence-corrected chi connectivity index (χ3v) is 10.5. The summed E-state index contributed by atoms with van der Waals surface area (Å²) in [5.41, 5.74) is 4.05. The van der Waals surface area contributed by atoms with E-state index in [1.165, 1.54) is 32.1 Å². The van der Waals surface area contributed by atoms with Crippen molar-refractivity contribution in [1.82, 2.24) is 10.2 Å². The number of carboxylic acids is 1. The van der Waals surface area contributed by atoms with E-state index in [2.05, 4.69) is 16.3 Å². The average molecular weight is 661 g/mol. The first-order valence-corrected chi connectivity index (χ1v) is 19.0. The summed E-state index contributed by atoms with van der Waals surface area (Å²) in [5, 5.41) is 12.3. The molecule has 0 saturated heterocycles. The van der Waals surface area contributed by atoms with E-state index in [0.717, 1.165) is 53.5 Å². The minimum absolute atomic E-state index is 0.207. The Hall–Kier alpha value is -3.69. The van der Waals surface area contributed by atoms with Gasteiger partial charge in [0.05, 0.1) is 5.75 Å². The van der Waals surface area contributed by atoms with Crippen molar-refractivity contribution in [3.05, 3.63) is 89.5 Å². The normalized spacial score (nSPS) is 16.8. The second-order valence-electron chi connectivity index (χ2n) is 13.4. The Balaban J connectivity index is 1.43. The van der Waals surface area contributed by atoms with Crippen LogP contribution in [0.5, 0.6) is 5.75 Å². The molecule has 9 heteroatoms. The van der Waals surface area contributed by atoms with Gasteiger partial charge in [0, 0.05) is 30.4 Å². The van der Waals surface area contributed by atoms with E-state index in [1.54, 1.807) is 6.07 Å². The van der Waals surface area contributed by atoms with Crippen LogP contribution in [0.15, 0.2) is 72.8 Å². The number of benzene rings is 3. The molecule has 0 bridgehead atoms. The maximum absolute atomic E-state index is 13.6. The number of amides is 1. The SMILES string of the molecule is Cc1ccccc1-c1cc(CN(C2CC2)C(COc2ccccc2)CC2CCCCC2)ccc1C(=O)NC(CCS(C)(=O)=O)C(=O)O. The average Bonchev–Trinajstić information content (AvgIpc) is 3.90. The number of carbonyl (C=O) groups excluding carboxylic acids is 1. The fourth-order valence-corrected chi connectivity index (χ4v) is 7.46. The van der Waals surface area contributed by atoms with Gasteiger partial charge < -0.3 is 15.2 Å². The van der Waals surface area contributed by atoms with Crippen LogP contribution >= 0.6 is 0 Å². The van der Waals surface area contributed by atoms with Gasteiger partial charge in [-0.3, -0.25) is 9.69 Å². The highest BCUT2D eigenvalue weighted by Gasteiger charge is 2.36. The molecule has 2 fully saturated rings. The summed E-state index contributed by atoms with van der Waals surface area (Å²) >= 11 is 0. The fraction of sp³-hybridized carbons (Fsp3) is 0.474. The molecule has 3 aromatic rings. The van der Waals surface area contributed by atoms with E-state index in [9.17, 15) is 23.1 Å². The molecule has 252 valence electrons. The molecule has 0 radical (unpaired) electrons. The summed E-state index contributed by atoms with van der Waals surface area (Å²) in [6.07, 6.45) is 10.7. The smallest absolute Gasteiger partial charge is 0.326 e. The topological polar surface area (TPSA) is 113 Å². The summed E-state index contributed by atoms with van der Waals surface area (Å²) in [6, 6.07) is 23.1. The first kappa shape index (κ1) is 34.6. The number of nitrogens with zero attached hydrogens (tertiary/aromatic N) is 1. The van der Waals surface area contributed by atoms with Crippen molar-refractivity contribution in [3.63, 3.8) is 0 Å². The third-order valence-electron chi connectivity index (χ3n) is 9.51. The Morgan fingerprint density at radius 3 is 2.30 bits per heavy atom. The monoisotopic (exact) mass is 660 g/mol. The molecule has 47 heavy (non-hydrogen) atoms. The minimum Gasteiger partial charge on any atom is -0.492 e. The molecule has 0 aromatic heterocycles. The molecule has 0 aliphatic heterocycles. The summed E-state index contributed by atoms with van der Waals surface area (Å²) in [4.78, 5) is 28.2. The van der Waals surface area contributed by atoms with Gasteiger partial charge >= 0.3 is 5.97 Å². The van der Waals surface area contributed by atoms with Crippen LogP contribution in [-0.4, -0.2) is 67.0 Å². The lowest BCUT2D eigenvalue weighted by molar-refractivity contribution is -0.139. The number of para-hydroxylation sites is 1. The Kier molecular flexibility index (Phi) is 11.7. The minimum atomic E-state index is -3.39. The van der Waals surface area contributed by atoms with Gasteiger partial charge in [0.2, 0.25) is 0 Å². The van der Waals surface area contributed by atoms with Gasteiger partial charge in [-0.1, -0.05) is 80.6 Å². The van der Waals surface area contributed by atoms with E-state index in [4.69, 9.17) is 4.74 Å². The second kappa shape index (κ2) is 15.9. The number of hydrogen-bond donors (Lipinski definition) is 2. The first-order valence-electron chi connectivity index (χ1n) is 16.9. The quantitative estimate of drug-likeness (QED) is 0.177. The van der Waals surface area contributed by atoms with Crippen molar-refractivity contribution >= 4 is 21.7 Å². The second-order valence-corrected chi connectivity index (χ2v) is 15.7. The van der Waals surface area contributed by atoms with Crippen LogP contribution in [0.4, 0.5) is 0 Å². The summed E-state index contributed by atoms with van der Waals surface area (Å²) in [7, 11) is -3.39. The first-order chi connectivity index (χ1) is 22.6. The van der Waals surface area contributed by atoms with Gasteiger partial charge in [-0.25, -0.2) is 13.2 Å². The molecule has 8 nitrogen and oxygen atoms in total. The largest absolute Gasteiger partial charge is 0.492 e. The highest BCUT2D eigenvalue weighted by atomic mass is 32.2. The lowest BCUT2D eigenvalue weighted by Gasteiger charge is -2.35. The van der Waals surface area contributed by atoms with E-state index >= 15 is 0 Å². The lowest BCUT2D eigenvalue weighted by Crippen LogP contribution is -2.42. The number of rotatable bonds is 16. The number of hydrogen-bond acceptors (Lipinski definition) is 6. The molecule has 5 rings (SSSR count). The predicted octanol–water partition coefficient (Wildman–Crippen LogP) is 6.66. The number of ether oxygens (including phenoxy) is 1. The Labute approximate surface area is 279 Å². The van der Waals surface area contributed by atoms with Crippen molar-refractivity contribution in [1.29, 1.82) is 0 Å². The number of aryl methyl sites for hydroxylation is 1. The summed E-state index contributed by atoms with van der Waals surface area (Å²) in [5.74, 6) is -0.571. The lowest BCUT2D eigenvalue weighted by atomic mass is 9.84. The van der Waals surface area contributed by atoms with E-state index in [1.807, 2.05) is 67.6 Å². The molecular weight excluding hydrogens is 612 g/mol. The maximum atomic E-state index is 13.6. The van der Waals surface area contributed by atoms with Crippen LogP contribution in [0.1, 0.15) is 79.3 Å². The van der Waals surface area contributed by atoms with Crippen molar-refractivity contribution in [3.8, 4) is 16.9 Å². The van der Waals surface area contributed by atoms with Crippen molar-refractivity contribution < 1.29 is 27.9 Å². The molecule has 2 N–H and O–H groups in total. The van der Waals surface area contributed by atoms with Crippen LogP contribution in [0.25, 0.3) is 11.1 Å². The fourth-order valence-electron chi connectivity index (χ4n) is 6.80. The predicted molar refractivity (Wildman–Crippen MR) is 185 cm³/mol. The molecule has 3 aromatic carbocycles. The van der Waals surface area contributed by atoms with E-state index < -0.39 is 27.8 Å². The van der Waals surface area contributed by atoms with Crippen molar-refractivity contribution in [2.75, 3.05) is 18.6 Å². The van der Waals surface area contributed by atoms with Crippen LogP contribution in [0.2, 0.25) is 0 Å². The van der Waals surface area contributed by atoms with Crippen molar-refractivity contribution in [2.24, 2.45) is 5.92 Å². The molecule has 2 saturated carbocycles. The molecule has 2 atom stereocenters. The molecule has 2 aliphatic carbocycles. The van der Waals surface area contributed by atoms with Gasteiger partial charge in [-0.05, 0) is 85.0 Å². The zero-order valence-corrected chi connectivity index (χ0v) is 28.4. The summed E-state index contributed by atoms with van der Waals surface area (Å²) < 4.78 is 29.8. The van der Waals surface area contributed by atoms with E-state index in [-0.39, 0.29) is 18.2 Å². The Bertz CT molecular complexity index is 1620. The molecule has 0 heterocycles. The van der Waals surface area contributed by atoms with Crippen LogP contribution in [0, 0.1) is 12.8 Å². The van der Waals surface area contributed by atoms with E-state index in [0.29, 0.717) is 30.7 Å². The molecule has 0 spiro atoms. The Morgan fingerprint density at radius 2 is 1.64 bits per heavy atom. The number of carboxylic acid groups (broad SMARTS) is 1. The van der Waals surface area contributed by atoms with Gasteiger partial charge in [-0.2, -0.15) is 0 Å². The summed E-state index contributed by atoms with van der Waals surface area (Å²) in [6.45, 7) is 3.33. The molecule has 1 amide bonds.